The number of phenols is 1. The largest absolute Gasteiger partial charge is 0.508 e. The lowest BCUT2D eigenvalue weighted by molar-refractivity contribution is -0.158. The van der Waals surface area contributed by atoms with Gasteiger partial charge in [-0.1, -0.05) is 6.92 Å². The molecule has 3 aliphatic rings. The van der Waals surface area contributed by atoms with Gasteiger partial charge in [0.1, 0.15) is 17.6 Å². The Morgan fingerprint density at radius 3 is 2.67 bits per heavy atom. The number of hydrogen-bond donors (Lipinski definition) is 4. The van der Waals surface area contributed by atoms with E-state index in [0.29, 0.717) is 5.56 Å². The molecular formula is C17H18O7. The molecule has 1 fully saturated rings. The van der Waals surface area contributed by atoms with Crippen molar-refractivity contribution in [3.8, 4) is 11.5 Å². The van der Waals surface area contributed by atoms with E-state index in [9.17, 15) is 25.2 Å². The number of fused-ring (bicyclic) bond motifs is 3. The highest BCUT2D eigenvalue weighted by Gasteiger charge is 2.52. The summed E-state index contributed by atoms with van der Waals surface area (Å²) >= 11 is 0. The van der Waals surface area contributed by atoms with Gasteiger partial charge >= 0.3 is 0 Å². The van der Waals surface area contributed by atoms with Gasteiger partial charge in [0.05, 0.1) is 23.7 Å². The second-order valence-corrected chi connectivity index (χ2v) is 6.59. The zero-order valence-corrected chi connectivity index (χ0v) is 12.9. The minimum absolute atomic E-state index is 0.00612. The maximum Gasteiger partial charge on any atom is 0.257 e. The van der Waals surface area contributed by atoms with Crippen molar-refractivity contribution in [2.45, 2.75) is 37.9 Å². The molecule has 0 bridgehead atoms. The van der Waals surface area contributed by atoms with Crippen molar-refractivity contribution in [2.75, 3.05) is 0 Å². The highest BCUT2D eigenvalue weighted by Crippen LogP contribution is 2.46. The molecule has 1 aromatic rings. The summed E-state index contributed by atoms with van der Waals surface area (Å²) in [6.45, 7) is 1.69. The number of benzene rings is 1. The fraction of sp³-hybridized carbons (Fsp3) is 0.471. The van der Waals surface area contributed by atoms with Gasteiger partial charge in [0.15, 0.2) is 11.5 Å². The Morgan fingerprint density at radius 2 is 1.92 bits per heavy atom. The Kier molecular flexibility index (Phi) is 3.35. The molecule has 1 aliphatic carbocycles. The van der Waals surface area contributed by atoms with Crippen molar-refractivity contribution in [3.63, 3.8) is 0 Å². The van der Waals surface area contributed by atoms with E-state index in [1.807, 2.05) is 0 Å². The van der Waals surface area contributed by atoms with Crippen molar-refractivity contribution in [3.05, 3.63) is 29.5 Å². The maximum absolute atomic E-state index is 13.0. The third-order valence-electron chi connectivity index (χ3n) is 5.16. The van der Waals surface area contributed by atoms with Crippen LogP contribution in [0.3, 0.4) is 0 Å². The Morgan fingerprint density at radius 1 is 1.17 bits per heavy atom. The van der Waals surface area contributed by atoms with E-state index < -0.39 is 36.4 Å². The first-order chi connectivity index (χ1) is 11.4. The molecule has 7 heteroatoms. The van der Waals surface area contributed by atoms with Gasteiger partial charge in [-0.05, 0) is 12.1 Å². The number of carbonyl (C=O) groups is 1. The number of aromatic hydroxyl groups is 1. The smallest absolute Gasteiger partial charge is 0.257 e. The monoisotopic (exact) mass is 334 g/mol. The molecule has 6 atom stereocenters. The Labute approximate surface area is 137 Å². The SMILES string of the molecule is CC1C(O)CC2OC3=C(C(=O)C2C1O)c1ccc(O)cc1OC3O. The average Bonchev–Trinajstić information content (AvgIpc) is 2.52. The first-order valence-corrected chi connectivity index (χ1v) is 7.87. The van der Waals surface area contributed by atoms with E-state index >= 15 is 0 Å². The van der Waals surface area contributed by atoms with Crippen LogP contribution in [0.2, 0.25) is 0 Å². The standard InChI is InChI=1S/C17H18O7/c1-6-9(19)5-11-13(14(6)20)15(21)12-8-3-2-7(18)4-10(8)24-17(22)16(12)23-11/h2-4,6,9,11,13-14,17-20,22H,5H2,1H3. The average molecular weight is 334 g/mol. The van der Waals surface area contributed by atoms with Gasteiger partial charge in [-0.25, -0.2) is 0 Å². The number of Topliss-reactive ketones (excluding diaryl/α,β-unsaturated/α-hetero) is 1. The number of hydrogen-bond acceptors (Lipinski definition) is 7. The quantitative estimate of drug-likeness (QED) is 0.534. The lowest BCUT2D eigenvalue weighted by Crippen LogP contribution is -2.55. The molecule has 0 radical (unpaired) electrons. The summed E-state index contributed by atoms with van der Waals surface area (Å²) in [6, 6.07) is 4.24. The van der Waals surface area contributed by atoms with Gasteiger partial charge in [-0.3, -0.25) is 4.79 Å². The number of ether oxygens (including phenoxy) is 2. The Hall–Kier alpha value is -2.09. The number of ketones is 1. The van der Waals surface area contributed by atoms with Gasteiger partial charge in [-0.2, -0.15) is 0 Å². The summed E-state index contributed by atoms with van der Waals surface area (Å²) in [5.41, 5.74) is 0.565. The highest BCUT2D eigenvalue weighted by atomic mass is 16.6. The molecule has 0 saturated heterocycles. The molecule has 6 unspecified atom stereocenters. The molecule has 0 aromatic heterocycles. The third-order valence-corrected chi connectivity index (χ3v) is 5.16. The van der Waals surface area contributed by atoms with Crippen molar-refractivity contribution in [1.29, 1.82) is 0 Å². The molecule has 128 valence electrons. The minimum atomic E-state index is -1.48. The fourth-order valence-electron chi connectivity index (χ4n) is 3.77. The summed E-state index contributed by atoms with van der Waals surface area (Å²) in [5.74, 6) is -1.49. The first-order valence-electron chi connectivity index (χ1n) is 7.87. The van der Waals surface area contributed by atoms with Crippen LogP contribution in [0.1, 0.15) is 18.9 Å². The normalized spacial score (nSPS) is 37.8. The van der Waals surface area contributed by atoms with Crippen LogP contribution in [0.4, 0.5) is 0 Å². The molecule has 24 heavy (non-hydrogen) atoms. The van der Waals surface area contributed by atoms with Crippen LogP contribution in [0, 0.1) is 11.8 Å². The van der Waals surface area contributed by atoms with Gasteiger partial charge in [0, 0.05) is 24.0 Å². The van der Waals surface area contributed by atoms with E-state index in [4.69, 9.17) is 9.47 Å². The zero-order chi connectivity index (χ0) is 17.2. The van der Waals surface area contributed by atoms with Crippen LogP contribution in [0.15, 0.2) is 24.0 Å². The summed E-state index contributed by atoms with van der Waals surface area (Å²) in [4.78, 5) is 13.0. The van der Waals surface area contributed by atoms with Crippen LogP contribution in [-0.2, 0) is 9.53 Å². The fourth-order valence-corrected chi connectivity index (χ4v) is 3.77. The molecule has 0 spiro atoms. The first kappa shape index (κ1) is 15.4. The van der Waals surface area contributed by atoms with Crippen LogP contribution < -0.4 is 4.74 Å². The number of rotatable bonds is 0. The van der Waals surface area contributed by atoms with E-state index in [-0.39, 0.29) is 35.0 Å². The van der Waals surface area contributed by atoms with E-state index in [2.05, 4.69) is 0 Å². The number of aliphatic hydroxyl groups is 3. The number of phenolic OH excluding ortho intramolecular Hbond substituents is 1. The van der Waals surface area contributed by atoms with E-state index in [0.717, 1.165) is 0 Å². The minimum Gasteiger partial charge on any atom is -0.508 e. The van der Waals surface area contributed by atoms with Crippen molar-refractivity contribution < 1.29 is 34.7 Å². The van der Waals surface area contributed by atoms with Gasteiger partial charge in [0.2, 0.25) is 0 Å². The van der Waals surface area contributed by atoms with Gasteiger partial charge in [-0.15, -0.1) is 0 Å². The third kappa shape index (κ3) is 2.05. The topological polar surface area (TPSA) is 116 Å². The van der Waals surface area contributed by atoms with Crippen molar-refractivity contribution >= 4 is 11.4 Å². The molecule has 1 saturated carbocycles. The molecular weight excluding hydrogens is 316 g/mol. The molecule has 7 nitrogen and oxygen atoms in total. The molecule has 2 heterocycles. The Bertz CT molecular complexity index is 740. The van der Waals surface area contributed by atoms with Gasteiger partial charge < -0.3 is 29.9 Å². The lowest BCUT2D eigenvalue weighted by atomic mass is 9.70. The van der Waals surface area contributed by atoms with Gasteiger partial charge in [0.25, 0.3) is 6.29 Å². The molecule has 1 aromatic carbocycles. The second kappa shape index (κ2) is 5.20. The predicted molar refractivity (Wildman–Crippen MR) is 80.8 cm³/mol. The van der Waals surface area contributed by atoms with Crippen LogP contribution >= 0.6 is 0 Å². The lowest BCUT2D eigenvalue weighted by Gasteiger charge is -2.45. The van der Waals surface area contributed by atoms with Crippen LogP contribution in [-0.4, -0.2) is 50.8 Å². The van der Waals surface area contributed by atoms with E-state index in [1.54, 1.807) is 6.92 Å². The van der Waals surface area contributed by atoms with Crippen molar-refractivity contribution in [1.82, 2.24) is 0 Å². The molecule has 0 amide bonds. The number of allylic oxidation sites excluding steroid dienone is 1. The summed E-state index contributed by atoms with van der Waals surface area (Å²) in [7, 11) is 0. The van der Waals surface area contributed by atoms with Crippen LogP contribution in [0.25, 0.3) is 5.57 Å². The number of carbonyl (C=O) groups excluding carboxylic acids is 1. The maximum atomic E-state index is 13.0. The highest BCUT2D eigenvalue weighted by molar-refractivity contribution is 6.24. The van der Waals surface area contributed by atoms with E-state index in [1.165, 1.54) is 18.2 Å². The molecule has 4 rings (SSSR count). The molecule has 4 N–H and O–H groups in total. The predicted octanol–water partition coefficient (Wildman–Crippen LogP) is 0.160. The summed E-state index contributed by atoms with van der Waals surface area (Å²) < 4.78 is 11.1. The van der Waals surface area contributed by atoms with Crippen LogP contribution in [0.5, 0.6) is 11.5 Å². The molecule has 2 aliphatic heterocycles. The summed E-state index contributed by atoms with van der Waals surface area (Å²) in [5, 5.41) is 40.2. The Balaban J connectivity index is 1.83. The zero-order valence-electron chi connectivity index (χ0n) is 12.9. The van der Waals surface area contributed by atoms with Crippen molar-refractivity contribution in [2.24, 2.45) is 11.8 Å². The number of aliphatic hydroxyl groups excluding tert-OH is 3. The summed E-state index contributed by atoms with van der Waals surface area (Å²) in [6.07, 6.45) is -3.83. The second-order valence-electron chi connectivity index (χ2n) is 6.59.